The summed E-state index contributed by atoms with van der Waals surface area (Å²) in [4.78, 5) is 18.1. The molecule has 0 bridgehead atoms. The molecule has 0 aliphatic rings. The van der Waals surface area contributed by atoms with Gasteiger partial charge in [0.05, 0.1) is 5.56 Å². The molecule has 4 nitrogen and oxygen atoms in total. The van der Waals surface area contributed by atoms with Crippen LogP contribution in [0.25, 0.3) is 11.4 Å². The van der Waals surface area contributed by atoms with Crippen LogP contribution >= 0.6 is 0 Å². The second-order valence-electron chi connectivity index (χ2n) is 2.95. The first kappa shape index (κ1) is 10.3. The average Bonchev–Trinajstić information content (AvgIpc) is 2.29. The number of halogens is 2. The van der Waals surface area contributed by atoms with E-state index in [4.69, 9.17) is 0 Å². The quantitative estimate of drug-likeness (QED) is 0.732. The number of hydrogen-bond donors (Lipinski definition) is 0. The van der Waals surface area contributed by atoms with Gasteiger partial charge in [0.2, 0.25) is 0 Å². The summed E-state index contributed by atoms with van der Waals surface area (Å²) in [6.07, 6.45) is 2.81. The average molecular weight is 221 g/mol. The van der Waals surface area contributed by atoms with Crippen LogP contribution in [0.2, 0.25) is 0 Å². The van der Waals surface area contributed by atoms with Gasteiger partial charge in [0.25, 0.3) is 0 Å². The lowest BCUT2D eigenvalue weighted by Gasteiger charge is -2.02. The smallest absolute Gasteiger partial charge is 0.161 e. The lowest BCUT2D eigenvalue weighted by Crippen LogP contribution is -1.91. The predicted octanol–water partition coefficient (Wildman–Crippen LogP) is 2.82. The molecule has 0 radical (unpaired) electrons. The Kier molecular flexibility index (Phi) is 2.63. The summed E-state index contributed by atoms with van der Waals surface area (Å²) in [6.45, 7) is 0. The fourth-order valence-corrected chi connectivity index (χ4v) is 1.27. The van der Waals surface area contributed by atoms with Crippen LogP contribution in [-0.4, -0.2) is 9.97 Å². The largest absolute Gasteiger partial charge is 0.237 e. The van der Waals surface area contributed by atoms with E-state index in [1.165, 1.54) is 12.4 Å². The Balaban J connectivity index is 2.69. The van der Waals surface area contributed by atoms with Gasteiger partial charge in [-0.1, -0.05) is 0 Å². The summed E-state index contributed by atoms with van der Waals surface area (Å²) in [5, 5.41) is 2.52. The lowest BCUT2D eigenvalue weighted by molar-refractivity contribution is 0.585. The van der Waals surface area contributed by atoms with Gasteiger partial charge in [0.15, 0.2) is 17.3 Å². The van der Waals surface area contributed by atoms with E-state index in [1.54, 1.807) is 6.07 Å². The molecule has 0 aliphatic heterocycles. The summed E-state index contributed by atoms with van der Waals surface area (Å²) in [5.41, 5.74) is -0.555. The summed E-state index contributed by atoms with van der Waals surface area (Å²) in [5.74, 6) is -1.79. The van der Waals surface area contributed by atoms with Crippen molar-refractivity contribution in [2.75, 3.05) is 0 Å². The predicted molar refractivity (Wildman–Crippen MR) is 52.8 cm³/mol. The molecule has 0 amide bonds. The second kappa shape index (κ2) is 4.09. The van der Waals surface area contributed by atoms with E-state index >= 15 is 0 Å². The summed E-state index contributed by atoms with van der Waals surface area (Å²) in [7, 11) is 0. The SMILES string of the molecule is O=Nc1c(F)cc(F)cc1-c1ncccn1. The molecule has 0 unspecified atom stereocenters. The van der Waals surface area contributed by atoms with E-state index in [9.17, 15) is 13.7 Å². The van der Waals surface area contributed by atoms with Crippen molar-refractivity contribution in [3.63, 3.8) is 0 Å². The second-order valence-corrected chi connectivity index (χ2v) is 2.95. The Labute approximate surface area is 89.0 Å². The lowest BCUT2D eigenvalue weighted by atomic mass is 10.1. The Hall–Kier alpha value is -2.24. The van der Waals surface area contributed by atoms with Gasteiger partial charge in [-0.05, 0) is 17.3 Å². The summed E-state index contributed by atoms with van der Waals surface area (Å²) < 4.78 is 26.2. The van der Waals surface area contributed by atoms with E-state index < -0.39 is 17.3 Å². The maximum absolute atomic E-state index is 13.2. The fourth-order valence-electron chi connectivity index (χ4n) is 1.27. The van der Waals surface area contributed by atoms with Gasteiger partial charge in [-0.3, -0.25) is 0 Å². The van der Waals surface area contributed by atoms with E-state index in [0.717, 1.165) is 6.07 Å². The molecule has 1 aromatic heterocycles. The molecule has 6 heteroatoms. The molecule has 2 aromatic rings. The highest BCUT2D eigenvalue weighted by atomic mass is 19.1. The first-order valence-electron chi connectivity index (χ1n) is 4.32. The zero-order valence-corrected chi connectivity index (χ0v) is 7.89. The van der Waals surface area contributed by atoms with Gasteiger partial charge in [0, 0.05) is 18.5 Å². The zero-order valence-electron chi connectivity index (χ0n) is 7.89. The highest BCUT2D eigenvalue weighted by molar-refractivity contribution is 5.71. The maximum atomic E-state index is 13.2. The molecule has 1 aromatic carbocycles. The van der Waals surface area contributed by atoms with Crippen LogP contribution in [0.1, 0.15) is 0 Å². The van der Waals surface area contributed by atoms with Gasteiger partial charge in [-0.2, -0.15) is 0 Å². The summed E-state index contributed by atoms with van der Waals surface area (Å²) >= 11 is 0. The van der Waals surface area contributed by atoms with Crippen molar-refractivity contribution < 1.29 is 8.78 Å². The molecule has 0 aliphatic carbocycles. The molecular weight excluding hydrogens is 216 g/mol. The third kappa shape index (κ3) is 1.77. The van der Waals surface area contributed by atoms with Gasteiger partial charge in [-0.25, -0.2) is 18.7 Å². The normalized spacial score (nSPS) is 10.1. The highest BCUT2D eigenvalue weighted by Crippen LogP contribution is 2.31. The molecule has 0 atom stereocenters. The third-order valence-corrected chi connectivity index (χ3v) is 1.93. The number of benzene rings is 1. The van der Waals surface area contributed by atoms with Crippen molar-refractivity contribution in [2.24, 2.45) is 5.18 Å². The van der Waals surface area contributed by atoms with Crippen LogP contribution in [-0.2, 0) is 0 Å². The van der Waals surface area contributed by atoms with E-state index in [-0.39, 0.29) is 11.4 Å². The molecule has 0 fully saturated rings. The topological polar surface area (TPSA) is 55.2 Å². The van der Waals surface area contributed by atoms with Crippen molar-refractivity contribution >= 4 is 5.69 Å². The van der Waals surface area contributed by atoms with Crippen molar-refractivity contribution in [1.29, 1.82) is 0 Å². The third-order valence-electron chi connectivity index (χ3n) is 1.93. The molecular formula is C10H5F2N3O. The van der Waals surface area contributed by atoms with Crippen LogP contribution in [0.3, 0.4) is 0 Å². The molecule has 0 saturated carbocycles. The van der Waals surface area contributed by atoms with Crippen LogP contribution in [0.5, 0.6) is 0 Å². The molecule has 0 N–H and O–H groups in total. The van der Waals surface area contributed by atoms with Gasteiger partial charge in [-0.15, -0.1) is 4.91 Å². The minimum Gasteiger partial charge on any atom is -0.237 e. The van der Waals surface area contributed by atoms with Crippen LogP contribution in [0.15, 0.2) is 35.8 Å². The number of aromatic nitrogens is 2. The molecule has 0 spiro atoms. The van der Waals surface area contributed by atoms with E-state index in [1.807, 2.05) is 0 Å². The maximum Gasteiger partial charge on any atom is 0.161 e. The first-order chi connectivity index (χ1) is 7.72. The van der Waals surface area contributed by atoms with Crippen LogP contribution in [0, 0.1) is 16.5 Å². The number of hydrogen-bond acceptors (Lipinski definition) is 4. The van der Waals surface area contributed by atoms with Crippen molar-refractivity contribution in [1.82, 2.24) is 9.97 Å². The number of nitroso groups, excluding NO2 is 1. The van der Waals surface area contributed by atoms with Crippen LogP contribution < -0.4 is 0 Å². The highest BCUT2D eigenvalue weighted by Gasteiger charge is 2.15. The zero-order chi connectivity index (χ0) is 11.5. The fraction of sp³-hybridized carbons (Fsp3) is 0. The molecule has 16 heavy (non-hydrogen) atoms. The van der Waals surface area contributed by atoms with Crippen molar-refractivity contribution in [2.45, 2.75) is 0 Å². The molecule has 1 heterocycles. The number of nitrogens with zero attached hydrogens (tertiary/aromatic N) is 3. The Morgan fingerprint density at radius 3 is 2.44 bits per heavy atom. The van der Waals surface area contributed by atoms with E-state index in [0.29, 0.717) is 6.07 Å². The molecule has 80 valence electrons. The van der Waals surface area contributed by atoms with Crippen molar-refractivity contribution in [3.8, 4) is 11.4 Å². The van der Waals surface area contributed by atoms with Crippen molar-refractivity contribution in [3.05, 3.63) is 47.1 Å². The van der Waals surface area contributed by atoms with Crippen LogP contribution in [0.4, 0.5) is 14.5 Å². The minimum absolute atomic E-state index is 0.0514. The number of rotatable bonds is 2. The standard InChI is InChI=1S/C10H5F2N3O/c11-6-4-7(9(15-16)8(12)5-6)10-13-2-1-3-14-10/h1-5H. The Morgan fingerprint density at radius 1 is 1.12 bits per heavy atom. The monoisotopic (exact) mass is 221 g/mol. The first-order valence-corrected chi connectivity index (χ1v) is 4.32. The molecule has 2 rings (SSSR count). The molecule has 0 saturated heterocycles. The van der Waals surface area contributed by atoms with E-state index in [2.05, 4.69) is 15.1 Å². The van der Waals surface area contributed by atoms with Gasteiger partial charge >= 0.3 is 0 Å². The van der Waals surface area contributed by atoms with Gasteiger partial charge in [0.1, 0.15) is 5.82 Å². The minimum atomic E-state index is -1.03. The Morgan fingerprint density at radius 2 is 1.81 bits per heavy atom. The Bertz CT molecular complexity index is 531. The van der Waals surface area contributed by atoms with Gasteiger partial charge < -0.3 is 0 Å². The summed E-state index contributed by atoms with van der Waals surface area (Å²) in [6, 6.07) is 3.10.